The van der Waals surface area contributed by atoms with E-state index in [-0.39, 0.29) is 0 Å². The molecule has 0 aromatic carbocycles. The summed E-state index contributed by atoms with van der Waals surface area (Å²) >= 11 is 0. The topological polar surface area (TPSA) is 52.7 Å². The quantitative estimate of drug-likeness (QED) is 0.449. The minimum absolute atomic E-state index is 0.298. The minimum atomic E-state index is -3.42. The zero-order valence-corrected chi connectivity index (χ0v) is 12.2. The lowest BCUT2D eigenvalue weighted by Gasteiger charge is -2.25. The Morgan fingerprint density at radius 2 is 1.78 bits per heavy atom. The van der Waals surface area contributed by atoms with Gasteiger partial charge in [-0.2, -0.15) is 17.0 Å². The van der Waals surface area contributed by atoms with Crippen molar-refractivity contribution in [2.75, 3.05) is 39.8 Å². The molecular formula is C12H25N3O2S. The van der Waals surface area contributed by atoms with E-state index in [1.165, 1.54) is 8.61 Å². The zero-order chi connectivity index (χ0) is 14.0. The summed E-state index contributed by atoms with van der Waals surface area (Å²) in [6, 6.07) is 0. The lowest BCUT2D eigenvalue weighted by molar-refractivity contribution is 0.388. The Balaban J connectivity index is 4.46. The Bertz CT molecular complexity index is 331. The van der Waals surface area contributed by atoms with Gasteiger partial charge in [0.25, 0.3) is 10.2 Å². The standard InChI is InChI=1S/C12H25N3O2S/c1-5-10-15(11-6-2)18(16,17)14(4)12-8-9-13-7-3/h5-6,13H,1-2,7-12H2,3-4H3. The van der Waals surface area contributed by atoms with Crippen molar-refractivity contribution in [3.8, 4) is 0 Å². The van der Waals surface area contributed by atoms with E-state index in [2.05, 4.69) is 18.5 Å². The van der Waals surface area contributed by atoms with E-state index in [4.69, 9.17) is 0 Å². The predicted octanol–water partition coefficient (Wildman–Crippen LogP) is 0.837. The molecule has 0 aromatic rings. The number of nitrogens with zero attached hydrogens (tertiary/aromatic N) is 2. The third kappa shape index (κ3) is 5.77. The Hall–Kier alpha value is -0.690. The summed E-state index contributed by atoms with van der Waals surface area (Å²) in [6.07, 6.45) is 3.95. The molecule has 0 amide bonds. The molecule has 0 unspecified atom stereocenters. The average Bonchev–Trinajstić information content (AvgIpc) is 2.34. The summed E-state index contributed by atoms with van der Waals surface area (Å²) in [5.41, 5.74) is 0. The van der Waals surface area contributed by atoms with Crippen molar-refractivity contribution in [3.63, 3.8) is 0 Å². The summed E-state index contributed by atoms with van der Waals surface area (Å²) in [6.45, 7) is 12.0. The van der Waals surface area contributed by atoms with Gasteiger partial charge >= 0.3 is 0 Å². The van der Waals surface area contributed by atoms with Gasteiger partial charge in [-0.15, -0.1) is 13.2 Å². The van der Waals surface area contributed by atoms with Gasteiger partial charge in [0.2, 0.25) is 0 Å². The second-order valence-electron chi connectivity index (χ2n) is 3.93. The maximum absolute atomic E-state index is 12.2. The fourth-order valence-corrected chi connectivity index (χ4v) is 2.81. The van der Waals surface area contributed by atoms with Crippen LogP contribution >= 0.6 is 0 Å². The first-order valence-electron chi connectivity index (χ1n) is 6.14. The van der Waals surface area contributed by atoms with Crippen LogP contribution in [0.1, 0.15) is 13.3 Å². The first-order chi connectivity index (χ1) is 8.50. The summed E-state index contributed by atoms with van der Waals surface area (Å²) in [7, 11) is -1.82. The number of hydrogen-bond acceptors (Lipinski definition) is 3. The van der Waals surface area contributed by atoms with E-state index in [1.807, 2.05) is 6.92 Å². The third-order valence-electron chi connectivity index (χ3n) is 2.46. The smallest absolute Gasteiger partial charge is 0.282 e. The molecule has 0 atom stereocenters. The van der Waals surface area contributed by atoms with Crippen molar-refractivity contribution in [2.45, 2.75) is 13.3 Å². The van der Waals surface area contributed by atoms with Crippen LogP contribution in [0.2, 0.25) is 0 Å². The molecule has 0 aliphatic carbocycles. The van der Waals surface area contributed by atoms with Crippen LogP contribution in [-0.2, 0) is 10.2 Å². The van der Waals surface area contributed by atoms with E-state index in [0.717, 1.165) is 19.5 Å². The van der Waals surface area contributed by atoms with Crippen molar-refractivity contribution in [1.82, 2.24) is 13.9 Å². The molecule has 0 aliphatic heterocycles. The van der Waals surface area contributed by atoms with Gasteiger partial charge in [-0.25, -0.2) is 0 Å². The van der Waals surface area contributed by atoms with E-state index in [0.29, 0.717) is 19.6 Å². The summed E-state index contributed by atoms with van der Waals surface area (Å²) in [5.74, 6) is 0. The summed E-state index contributed by atoms with van der Waals surface area (Å²) in [4.78, 5) is 0. The molecule has 0 bridgehead atoms. The molecule has 18 heavy (non-hydrogen) atoms. The average molecular weight is 275 g/mol. The van der Waals surface area contributed by atoms with E-state index >= 15 is 0 Å². The number of hydrogen-bond donors (Lipinski definition) is 1. The molecular weight excluding hydrogens is 250 g/mol. The van der Waals surface area contributed by atoms with Crippen LogP contribution in [0.3, 0.4) is 0 Å². The van der Waals surface area contributed by atoms with Gasteiger partial charge in [-0.1, -0.05) is 19.1 Å². The first-order valence-corrected chi connectivity index (χ1v) is 7.54. The van der Waals surface area contributed by atoms with Crippen molar-refractivity contribution in [3.05, 3.63) is 25.3 Å². The molecule has 1 N–H and O–H groups in total. The van der Waals surface area contributed by atoms with Gasteiger partial charge in [-0.05, 0) is 19.5 Å². The normalized spacial score (nSPS) is 12.0. The molecule has 0 radical (unpaired) electrons. The molecule has 6 heteroatoms. The van der Waals surface area contributed by atoms with Crippen LogP contribution in [0.25, 0.3) is 0 Å². The Kier molecular flexibility index (Phi) is 8.91. The van der Waals surface area contributed by atoms with Crippen molar-refractivity contribution in [1.29, 1.82) is 0 Å². The van der Waals surface area contributed by atoms with Gasteiger partial charge in [0.1, 0.15) is 0 Å². The molecule has 0 aromatic heterocycles. The molecule has 0 fully saturated rings. The molecule has 0 aliphatic rings. The highest BCUT2D eigenvalue weighted by atomic mass is 32.2. The molecule has 5 nitrogen and oxygen atoms in total. The highest BCUT2D eigenvalue weighted by Gasteiger charge is 2.24. The monoisotopic (exact) mass is 275 g/mol. The summed E-state index contributed by atoms with van der Waals surface area (Å²) in [5, 5.41) is 3.17. The maximum atomic E-state index is 12.2. The molecule has 106 valence electrons. The van der Waals surface area contributed by atoms with Gasteiger partial charge < -0.3 is 5.32 Å². The van der Waals surface area contributed by atoms with Crippen LogP contribution in [0, 0.1) is 0 Å². The molecule has 0 saturated heterocycles. The first kappa shape index (κ1) is 17.3. The molecule has 0 saturated carbocycles. The SMILES string of the molecule is C=CCN(CC=C)S(=O)(=O)N(C)CCCNCC. The van der Waals surface area contributed by atoms with Crippen molar-refractivity contribution in [2.24, 2.45) is 0 Å². The third-order valence-corrected chi connectivity index (χ3v) is 4.38. The van der Waals surface area contributed by atoms with Crippen LogP contribution in [0.4, 0.5) is 0 Å². The van der Waals surface area contributed by atoms with Crippen molar-refractivity contribution >= 4 is 10.2 Å². The highest BCUT2D eigenvalue weighted by Crippen LogP contribution is 2.07. The lowest BCUT2D eigenvalue weighted by atomic mass is 10.4. The molecule has 0 heterocycles. The highest BCUT2D eigenvalue weighted by molar-refractivity contribution is 7.86. The van der Waals surface area contributed by atoms with E-state index in [9.17, 15) is 8.42 Å². The number of nitrogens with one attached hydrogen (secondary N) is 1. The Morgan fingerprint density at radius 3 is 2.22 bits per heavy atom. The van der Waals surface area contributed by atoms with Gasteiger partial charge in [0.15, 0.2) is 0 Å². The fourth-order valence-electron chi connectivity index (χ4n) is 1.47. The van der Waals surface area contributed by atoms with E-state index < -0.39 is 10.2 Å². The second kappa shape index (κ2) is 9.27. The van der Waals surface area contributed by atoms with Crippen LogP contribution in [0.5, 0.6) is 0 Å². The van der Waals surface area contributed by atoms with Crippen LogP contribution in [0.15, 0.2) is 25.3 Å². The predicted molar refractivity (Wildman–Crippen MR) is 76.7 cm³/mol. The number of rotatable bonds is 11. The van der Waals surface area contributed by atoms with Gasteiger partial charge in [0.05, 0.1) is 0 Å². The second-order valence-corrected chi connectivity index (χ2v) is 5.97. The van der Waals surface area contributed by atoms with E-state index in [1.54, 1.807) is 19.2 Å². The van der Waals surface area contributed by atoms with Crippen LogP contribution in [-0.4, -0.2) is 56.8 Å². The lowest BCUT2D eigenvalue weighted by Crippen LogP contribution is -2.42. The van der Waals surface area contributed by atoms with Crippen molar-refractivity contribution < 1.29 is 8.42 Å². The van der Waals surface area contributed by atoms with Gasteiger partial charge in [-0.3, -0.25) is 0 Å². The Labute approximate surface area is 111 Å². The Morgan fingerprint density at radius 1 is 1.22 bits per heavy atom. The zero-order valence-electron chi connectivity index (χ0n) is 11.4. The molecule has 0 rings (SSSR count). The van der Waals surface area contributed by atoms with Gasteiger partial charge in [0, 0.05) is 26.7 Å². The van der Waals surface area contributed by atoms with Crippen LogP contribution < -0.4 is 5.32 Å². The summed E-state index contributed by atoms with van der Waals surface area (Å²) < 4.78 is 27.1. The largest absolute Gasteiger partial charge is 0.317 e. The minimum Gasteiger partial charge on any atom is -0.317 e. The maximum Gasteiger partial charge on any atom is 0.282 e. The molecule has 0 spiro atoms. The fraction of sp³-hybridized carbons (Fsp3) is 0.667.